The van der Waals surface area contributed by atoms with Crippen LogP contribution < -0.4 is 0 Å². The van der Waals surface area contributed by atoms with E-state index in [2.05, 4.69) is 26.6 Å². The Kier molecular flexibility index (Phi) is 2.14. The van der Waals surface area contributed by atoms with Gasteiger partial charge in [0, 0.05) is 17.8 Å². The lowest BCUT2D eigenvalue weighted by molar-refractivity contribution is 1.12. The molecule has 0 bridgehead atoms. The zero-order chi connectivity index (χ0) is 8.39. The van der Waals surface area contributed by atoms with Gasteiger partial charge in [-0.05, 0) is 16.9 Å². The topological polar surface area (TPSA) is 38.7 Å². The van der Waals surface area contributed by atoms with Crippen LogP contribution in [0.1, 0.15) is 0 Å². The van der Waals surface area contributed by atoms with E-state index in [1.165, 1.54) is 17.1 Å². The number of pyridine rings is 1. The molecule has 0 saturated carbocycles. The molecule has 3 nitrogen and oxygen atoms in total. The van der Waals surface area contributed by atoms with Crippen molar-refractivity contribution < 1.29 is 0 Å². The van der Waals surface area contributed by atoms with Gasteiger partial charge in [-0.25, -0.2) is 15.0 Å². The lowest BCUT2D eigenvalue weighted by atomic mass is 10.3. The van der Waals surface area contributed by atoms with Gasteiger partial charge in [-0.3, -0.25) is 0 Å². The molecule has 2 rings (SSSR count). The molecule has 0 aliphatic carbocycles. The minimum Gasteiger partial charge on any atom is -0.247 e. The van der Waals surface area contributed by atoms with Gasteiger partial charge in [0.15, 0.2) is 0 Å². The highest BCUT2D eigenvalue weighted by molar-refractivity contribution is 8.68. The Morgan fingerprint density at radius 3 is 3.08 bits per heavy atom. The van der Waals surface area contributed by atoms with Gasteiger partial charge in [-0.2, -0.15) is 0 Å². The van der Waals surface area contributed by atoms with Crippen molar-refractivity contribution in [3.63, 3.8) is 0 Å². The molecule has 0 aliphatic rings. The number of hydrogen-bond donors (Lipinski definition) is 1. The molecule has 0 aromatic carbocycles. The van der Waals surface area contributed by atoms with Crippen molar-refractivity contribution in [1.82, 2.24) is 15.0 Å². The highest BCUT2D eigenvalue weighted by atomic mass is 33.1. The van der Waals surface area contributed by atoms with Crippen molar-refractivity contribution in [1.29, 1.82) is 0 Å². The normalized spacial score (nSPS) is 10.4. The first-order valence-electron chi connectivity index (χ1n) is 3.28. The minimum absolute atomic E-state index is 0.818. The molecule has 0 amide bonds. The molecule has 2 heterocycles. The van der Waals surface area contributed by atoms with E-state index < -0.39 is 0 Å². The Bertz CT molecular complexity index is 399. The standard InChI is InChI=1S/C7H5N3S2/c11-12-7-6-5(1-2-9-7)3-8-4-10-6/h1-4,11H. The predicted octanol–water partition coefficient (Wildman–Crippen LogP) is 1.96. The molecule has 0 spiro atoms. The van der Waals surface area contributed by atoms with E-state index in [1.54, 1.807) is 12.4 Å². The SMILES string of the molecule is SSc1nccc2cncnc12. The smallest absolute Gasteiger partial charge is 0.133 e. The summed E-state index contributed by atoms with van der Waals surface area (Å²) in [7, 11) is 1.29. The Labute approximate surface area is 78.5 Å². The number of rotatable bonds is 1. The summed E-state index contributed by atoms with van der Waals surface area (Å²) in [6.07, 6.45) is 5.00. The molecule has 2 aromatic rings. The van der Waals surface area contributed by atoms with Crippen molar-refractivity contribution in [2.24, 2.45) is 0 Å². The van der Waals surface area contributed by atoms with Gasteiger partial charge >= 0.3 is 0 Å². The highest BCUT2D eigenvalue weighted by Crippen LogP contribution is 2.24. The van der Waals surface area contributed by atoms with Gasteiger partial charge in [-0.1, -0.05) is 0 Å². The number of thiol groups is 1. The number of aromatic nitrogens is 3. The average Bonchev–Trinajstić information content (AvgIpc) is 2.17. The molecule has 0 N–H and O–H groups in total. The second-order valence-corrected chi connectivity index (χ2v) is 3.28. The average molecular weight is 195 g/mol. The van der Waals surface area contributed by atoms with Crippen LogP contribution in [0.15, 0.2) is 29.8 Å². The highest BCUT2D eigenvalue weighted by Gasteiger charge is 2.00. The summed E-state index contributed by atoms with van der Waals surface area (Å²) in [6.45, 7) is 0. The largest absolute Gasteiger partial charge is 0.247 e. The third-order valence-electron chi connectivity index (χ3n) is 1.48. The fourth-order valence-electron chi connectivity index (χ4n) is 0.954. The summed E-state index contributed by atoms with van der Waals surface area (Å²) in [6, 6.07) is 1.88. The summed E-state index contributed by atoms with van der Waals surface area (Å²) in [5.74, 6) is 0. The monoisotopic (exact) mass is 195 g/mol. The zero-order valence-corrected chi connectivity index (χ0v) is 7.72. The van der Waals surface area contributed by atoms with E-state index >= 15 is 0 Å². The van der Waals surface area contributed by atoms with Crippen molar-refractivity contribution in [3.05, 3.63) is 24.8 Å². The van der Waals surface area contributed by atoms with Crippen LogP contribution in [0.25, 0.3) is 10.9 Å². The van der Waals surface area contributed by atoms with E-state index in [0.29, 0.717) is 0 Å². The Morgan fingerprint density at radius 2 is 2.25 bits per heavy atom. The molecule has 2 aromatic heterocycles. The molecule has 0 fully saturated rings. The summed E-state index contributed by atoms with van der Waals surface area (Å²) in [5, 5.41) is 1.81. The summed E-state index contributed by atoms with van der Waals surface area (Å²) < 4.78 is 0. The van der Waals surface area contributed by atoms with Crippen molar-refractivity contribution in [2.75, 3.05) is 0 Å². The van der Waals surface area contributed by atoms with Crippen molar-refractivity contribution in [2.45, 2.75) is 5.03 Å². The molecular formula is C7H5N3S2. The second kappa shape index (κ2) is 3.28. The molecule has 60 valence electrons. The number of nitrogens with zero attached hydrogens (tertiary/aromatic N) is 3. The van der Waals surface area contributed by atoms with Crippen LogP contribution in [-0.4, -0.2) is 15.0 Å². The van der Waals surface area contributed by atoms with Crippen LogP contribution in [-0.2, 0) is 0 Å². The molecular weight excluding hydrogens is 190 g/mol. The van der Waals surface area contributed by atoms with Crippen LogP contribution in [0.5, 0.6) is 0 Å². The number of fused-ring (bicyclic) bond motifs is 1. The maximum atomic E-state index is 4.12. The maximum absolute atomic E-state index is 4.12. The molecule has 0 unspecified atom stereocenters. The fourth-order valence-corrected chi connectivity index (χ4v) is 1.72. The van der Waals surface area contributed by atoms with Crippen LogP contribution in [0.3, 0.4) is 0 Å². The Hall–Kier alpha value is -0.810. The van der Waals surface area contributed by atoms with E-state index in [1.807, 2.05) is 6.07 Å². The first-order chi connectivity index (χ1) is 5.92. The Morgan fingerprint density at radius 1 is 1.33 bits per heavy atom. The van der Waals surface area contributed by atoms with Crippen LogP contribution in [0.2, 0.25) is 0 Å². The van der Waals surface area contributed by atoms with Gasteiger partial charge in [0.2, 0.25) is 0 Å². The van der Waals surface area contributed by atoms with Crippen LogP contribution in [0, 0.1) is 0 Å². The molecule has 0 radical (unpaired) electrons. The summed E-state index contributed by atoms with van der Waals surface area (Å²) in [4.78, 5) is 12.1. The summed E-state index contributed by atoms with van der Waals surface area (Å²) >= 11 is 4.08. The summed E-state index contributed by atoms with van der Waals surface area (Å²) in [5.41, 5.74) is 0.854. The first kappa shape index (κ1) is 7.82. The predicted molar refractivity (Wildman–Crippen MR) is 52.2 cm³/mol. The first-order valence-corrected chi connectivity index (χ1v) is 5.15. The van der Waals surface area contributed by atoms with Gasteiger partial charge < -0.3 is 0 Å². The third kappa shape index (κ3) is 1.25. The molecule has 0 saturated heterocycles. The van der Waals surface area contributed by atoms with Crippen LogP contribution >= 0.6 is 22.5 Å². The van der Waals surface area contributed by atoms with Gasteiger partial charge in [-0.15, -0.1) is 11.7 Å². The minimum atomic E-state index is 0.818. The van der Waals surface area contributed by atoms with Gasteiger partial charge in [0.05, 0.1) is 0 Å². The van der Waals surface area contributed by atoms with E-state index in [9.17, 15) is 0 Å². The quantitative estimate of drug-likeness (QED) is 0.557. The van der Waals surface area contributed by atoms with Crippen molar-refractivity contribution in [3.8, 4) is 0 Å². The lowest BCUT2D eigenvalue weighted by Gasteiger charge is -1.98. The van der Waals surface area contributed by atoms with Crippen molar-refractivity contribution >= 4 is 33.4 Å². The third-order valence-corrected chi connectivity index (χ3v) is 2.47. The molecule has 5 heteroatoms. The van der Waals surface area contributed by atoms with Gasteiger partial charge in [0.1, 0.15) is 16.9 Å². The Balaban J connectivity index is 2.79. The van der Waals surface area contributed by atoms with E-state index in [4.69, 9.17) is 0 Å². The van der Waals surface area contributed by atoms with Crippen LogP contribution in [0.4, 0.5) is 0 Å². The second-order valence-electron chi connectivity index (χ2n) is 2.17. The number of hydrogen-bond acceptors (Lipinski definition) is 5. The maximum Gasteiger partial charge on any atom is 0.133 e. The zero-order valence-electron chi connectivity index (χ0n) is 6.01. The lowest BCUT2D eigenvalue weighted by Crippen LogP contribution is -1.85. The van der Waals surface area contributed by atoms with E-state index in [0.717, 1.165) is 15.9 Å². The molecule has 0 atom stereocenters. The van der Waals surface area contributed by atoms with Gasteiger partial charge in [0.25, 0.3) is 0 Å². The molecule has 0 aliphatic heterocycles. The molecule has 12 heavy (non-hydrogen) atoms. The van der Waals surface area contributed by atoms with E-state index in [-0.39, 0.29) is 0 Å². The fraction of sp³-hybridized carbons (Fsp3) is 0.